The molecule has 49 heavy (non-hydrogen) atoms. The van der Waals surface area contributed by atoms with Crippen LogP contribution in [0.25, 0.3) is 0 Å². The molecule has 0 saturated carbocycles. The van der Waals surface area contributed by atoms with E-state index in [1.165, 1.54) is 13.8 Å². The van der Waals surface area contributed by atoms with Crippen molar-refractivity contribution in [2.45, 2.75) is 70.2 Å². The number of ether oxygens (including phenoxy) is 3. The zero-order chi connectivity index (χ0) is 35.0. The van der Waals surface area contributed by atoms with Crippen molar-refractivity contribution in [1.82, 2.24) is 5.32 Å². The predicted molar refractivity (Wildman–Crippen MR) is 185 cm³/mol. The fourth-order valence-electron chi connectivity index (χ4n) is 5.29. The first-order chi connectivity index (χ1) is 23.8. The van der Waals surface area contributed by atoms with Gasteiger partial charge in [0.15, 0.2) is 0 Å². The molecule has 0 heterocycles. The summed E-state index contributed by atoms with van der Waals surface area (Å²) in [5.41, 5.74) is -1.12. The maximum absolute atomic E-state index is 17.0. The van der Waals surface area contributed by atoms with Crippen LogP contribution in [0.5, 0.6) is 0 Å². The zero-order valence-electron chi connectivity index (χ0n) is 27.9. The van der Waals surface area contributed by atoms with Gasteiger partial charge in [-0.25, -0.2) is 0 Å². The molecule has 4 rings (SSSR count). The molecular formula is C38H46F2NO7P. The molecule has 0 saturated heterocycles. The molecule has 0 unspecified atom stereocenters. The van der Waals surface area contributed by atoms with Gasteiger partial charge in [-0.15, -0.1) is 0 Å². The molecule has 2 N–H and O–H groups in total. The van der Waals surface area contributed by atoms with Gasteiger partial charge in [0.1, 0.15) is 24.4 Å². The van der Waals surface area contributed by atoms with E-state index in [-0.39, 0.29) is 46.2 Å². The Morgan fingerprint density at radius 2 is 1.06 bits per heavy atom. The van der Waals surface area contributed by atoms with Gasteiger partial charge in [0.25, 0.3) is 0 Å². The third-order valence-electron chi connectivity index (χ3n) is 7.71. The molecule has 4 atom stereocenters. The summed E-state index contributed by atoms with van der Waals surface area (Å²) in [4.78, 5) is 0. The van der Waals surface area contributed by atoms with Crippen LogP contribution in [0.15, 0.2) is 121 Å². The average Bonchev–Trinajstić information content (AvgIpc) is 3.12. The Kier molecular flexibility index (Phi) is 15.5. The van der Waals surface area contributed by atoms with Crippen LogP contribution in [-0.4, -0.2) is 54.9 Å². The number of hydrogen-bond donors (Lipinski definition) is 2. The minimum absolute atomic E-state index is 0.0298. The van der Waals surface area contributed by atoms with E-state index in [1.54, 1.807) is 36.4 Å². The summed E-state index contributed by atoms with van der Waals surface area (Å²) in [5.74, 6) is 0. The molecule has 8 nitrogen and oxygen atoms in total. The van der Waals surface area contributed by atoms with Crippen LogP contribution in [0.3, 0.4) is 0 Å². The molecule has 0 aliphatic carbocycles. The summed E-state index contributed by atoms with van der Waals surface area (Å²) in [6, 6.07) is 34.5. The molecule has 0 aromatic heterocycles. The fraction of sp³-hybridized carbons (Fsp3) is 0.368. The number of hydrogen-bond acceptors (Lipinski definition) is 8. The number of rotatable bonds is 22. The van der Waals surface area contributed by atoms with Crippen LogP contribution in [0.1, 0.15) is 36.1 Å². The highest BCUT2D eigenvalue weighted by Crippen LogP contribution is 2.64. The van der Waals surface area contributed by atoms with Crippen molar-refractivity contribution < 1.29 is 41.7 Å². The van der Waals surface area contributed by atoms with Crippen molar-refractivity contribution in [3.05, 3.63) is 144 Å². The standard InChI is InChI=1S/C38H46F2NO7P/c1-3-47-49(43,48-4-2)38(39,40)37(41-25-30-17-9-5-10-18-30)36(46-28-33-23-15-8-16-24-33)35(45-27-32-21-13-7-14-22-32)34(42)29-44-26-31-19-11-6-12-20-31/h5-24,34-37,41-42H,3-4,25-29H2,1-2H3/t34-,35-,36+,37+/m1/s1. The first kappa shape index (κ1) is 38.5. The lowest BCUT2D eigenvalue weighted by Crippen LogP contribution is -2.60. The van der Waals surface area contributed by atoms with E-state index in [0.29, 0.717) is 11.1 Å². The largest absolute Gasteiger partial charge is 0.401 e. The second-order valence-corrected chi connectivity index (χ2v) is 13.5. The van der Waals surface area contributed by atoms with Gasteiger partial charge in [0, 0.05) is 6.54 Å². The van der Waals surface area contributed by atoms with Crippen LogP contribution < -0.4 is 5.32 Å². The molecule has 264 valence electrons. The van der Waals surface area contributed by atoms with Gasteiger partial charge in [0.05, 0.1) is 39.6 Å². The van der Waals surface area contributed by atoms with Crippen molar-refractivity contribution >= 4 is 7.60 Å². The fourth-order valence-corrected chi connectivity index (χ4v) is 6.96. The van der Waals surface area contributed by atoms with Gasteiger partial charge in [-0.3, -0.25) is 4.57 Å². The van der Waals surface area contributed by atoms with Crippen LogP contribution in [0.4, 0.5) is 8.78 Å². The van der Waals surface area contributed by atoms with Crippen molar-refractivity contribution in [2.24, 2.45) is 0 Å². The van der Waals surface area contributed by atoms with E-state index in [9.17, 15) is 9.67 Å². The molecular weight excluding hydrogens is 651 g/mol. The summed E-state index contributed by atoms with van der Waals surface area (Å²) in [6.07, 6.45) is -4.42. The highest BCUT2D eigenvalue weighted by molar-refractivity contribution is 7.55. The van der Waals surface area contributed by atoms with Crippen LogP contribution >= 0.6 is 7.60 Å². The summed E-state index contributed by atoms with van der Waals surface area (Å²) >= 11 is 0. The highest BCUT2D eigenvalue weighted by atomic mass is 31.2. The number of aliphatic hydroxyl groups excluding tert-OH is 1. The van der Waals surface area contributed by atoms with Crippen molar-refractivity contribution in [3.8, 4) is 0 Å². The first-order valence-corrected chi connectivity index (χ1v) is 18.0. The van der Waals surface area contributed by atoms with Crippen molar-refractivity contribution in [3.63, 3.8) is 0 Å². The van der Waals surface area contributed by atoms with Gasteiger partial charge in [0.2, 0.25) is 0 Å². The lowest BCUT2D eigenvalue weighted by molar-refractivity contribution is -0.175. The van der Waals surface area contributed by atoms with E-state index in [1.807, 2.05) is 84.9 Å². The van der Waals surface area contributed by atoms with Crippen molar-refractivity contribution in [2.75, 3.05) is 19.8 Å². The number of nitrogens with one attached hydrogen (secondary N) is 1. The van der Waals surface area contributed by atoms with Gasteiger partial charge in [-0.1, -0.05) is 121 Å². The third kappa shape index (κ3) is 11.4. The molecule has 0 aliphatic rings. The lowest BCUT2D eigenvalue weighted by atomic mass is 9.99. The normalized spacial score (nSPS) is 14.6. The summed E-state index contributed by atoms with van der Waals surface area (Å²) in [7, 11) is -5.10. The average molecular weight is 698 g/mol. The maximum Gasteiger partial charge on any atom is 0.401 e. The predicted octanol–water partition coefficient (Wildman–Crippen LogP) is 7.75. The van der Waals surface area contributed by atoms with Crippen LogP contribution in [0.2, 0.25) is 0 Å². The summed E-state index contributed by atoms with van der Waals surface area (Å²) in [6.45, 7) is 2.11. The quantitative estimate of drug-likeness (QED) is 0.0806. The molecule has 11 heteroatoms. The Morgan fingerprint density at radius 1 is 0.653 bits per heavy atom. The number of alkyl halides is 2. The van der Waals surface area contributed by atoms with Gasteiger partial charge in [-0.05, 0) is 36.1 Å². The molecule has 0 aliphatic heterocycles. The molecule has 0 amide bonds. The van der Waals surface area contributed by atoms with E-state index in [0.717, 1.165) is 11.1 Å². The Labute approximate surface area is 287 Å². The monoisotopic (exact) mass is 697 g/mol. The first-order valence-electron chi connectivity index (χ1n) is 16.4. The second-order valence-electron chi connectivity index (χ2n) is 11.4. The Bertz CT molecular complexity index is 1510. The van der Waals surface area contributed by atoms with Crippen LogP contribution in [0, 0.1) is 0 Å². The van der Waals surface area contributed by atoms with E-state index in [2.05, 4.69) is 5.32 Å². The maximum atomic E-state index is 17.0. The van der Waals surface area contributed by atoms with E-state index in [4.69, 9.17) is 23.3 Å². The smallest absolute Gasteiger partial charge is 0.388 e. The SMILES string of the molecule is CCOP(=O)(OCC)C(F)(F)[C@@H](NCc1ccccc1)[C@@H](OCc1ccccc1)[C@H](OCc1ccccc1)[C@H](O)COCc1ccccc1. The minimum Gasteiger partial charge on any atom is -0.388 e. The van der Waals surface area contributed by atoms with Gasteiger partial charge in [-0.2, -0.15) is 8.78 Å². The molecule has 0 radical (unpaired) electrons. The number of halogens is 2. The molecule has 0 bridgehead atoms. The number of aliphatic hydroxyl groups is 1. The molecule has 4 aromatic carbocycles. The zero-order valence-corrected chi connectivity index (χ0v) is 28.8. The molecule has 0 spiro atoms. The lowest BCUT2D eigenvalue weighted by Gasteiger charge is -2.41. The van der Waals surface area contributed by atoms with Gasteiger partial charge >= 0.3 is 13.3 Å². The molecule has 4 aromatic rings. The Balaban J connectivity index is 1.76. The van der Waals surface area contributed by atoms with E-state index < -0.39 is 37.6 Å². The van der Waals surface area contributed by atoms with Crippen LogP contribution in [-0.2, 0) is 54.2 Å². The topological polar surface area (TPSA) is 95.5 Å². The molecule has 0 fully saturated rings. The second kappa shape index (κ2) is 19.8. The summed E-state index contributed by atoms with van der Waals surface area (Å²) < 4.78 is 77.0. The van der Waals surface area contributed by atoms with Crippen molar-refractivity contribution in [1.29, 1.82) is 0 Å². The summed E-state index contributed by atoms with van der Waals surface area (Å²) in [5, 5.41) is 14.6. The van der Waals surface area contributed by atoms with E-state index >= 15 is 8.78 Å². The Morgan fingerprint density at radius 3 is 1.51 bits per heavy atom. The number of benzene rings is 4. The minimum atomic E-state index is -5.10. The van der Waals surface area contributed by atoms with Gasteiger partial charge < -0.3 is 33.7 Å². The highest BCUT2D eigenvalue weighted by Gasteiger charge is 2.62. The Hall–Kier alpha value is -3.31. The third-order valence-corrected chi connectivity index (χ3v) is 9.91.